The number of rotatable bonds is 6. The first-order valence-electron chi connectivity index (χ1n) is 7.74. The molecule has 124 valence electrons. The Bertz CT molecular complexity index is 868. The van der Waals surface area contributed by atoms with Gasteiger partial charge in [0.15, 0.2) is 11.5 Å². The Balaban J connectivity index is 1.68. The van der Waals surface area contributed by atoms with Gasteiger partial charge in [0.2, 0.25) is 0 Å². The maximum Gasteiger partial charge on any atom is 0.161 e. The molecule has 0 amide bonds. The maximum atomic E-state index is 5.31. The third kappa shape index (κ3) is 3.20. The molecule has 5 heteroatoms. The second kappa shape index (κ2) is 7.08. The van der Waals surface area contributed by atoms with Gasteiger partial charge in [-0.3, -0.25) is 0 Å². The van der Waals surface area contributed by atoms with E-state index in [1.165, 1.54) is 10.9 Å². The second-order valence-corrected chi connectivity index (χ2v) is 5.49. The number of hydrazone groups is 1. The molecule has 0 fully saturated rings. The summed E-state index contributed by atoms with van der Waals surface area (Å²) < 4.78 is 12.7. The normalized spacial score (nSPS) is 11.1. The maximum absolute atomic E-state index is 5.31. The number of para-hydroxylation sites is 1. The van der Waals surface area contributed by atoms with Crippen molar-refractivity contribution >= 4 is 17.1 Å². The molecule has 1 heterocycles. The molecule has 0 aliphatic heterocycles. The summed E-state index contributed by atoms with van der Waals surface area (Å²) in [5, 5.41) is 5.53. The molecular weight excluding hydrogens is 302 g/mol. The fraction of sp³-hybridized carbons (Fsp3) is 0.211. The van der Waals surface area contributed by atoms with Gasteiger partial charge < -0.3 is 19.5 Å². The van der Waals surface area contributed by atoms with Gasteiger partial charge >= 0.3 is 0 Å². The standard InChI is InChI=1S/C19H21N3O2/c1-22-13-15(16-6-4-5-7-17(16)22)12-21-20-11-14-8-9-18(23-2)19(10-14)24-3/h4-10,12-13,20H,11H2,1-3H3/b21-12+. The van der Waals surface area contributed by atoms with Crippen LogP contribution in [0.2, 0.25) is 0 Å². The quantitative estimate of drug-likeness (QED) is 0.559. The van der Waals surface area contributed by atoms with E-state index in [4.69, 9.17) is 9.47 Å². The van der Waals surface area contributed by atoms with Crippen molar-refractivity contribution in [3.63, 3.8) is 0 Å². The summed E-state index contributed by atoms with van der Waals surface area (Å²) in [4.78, 5) is 0. The highest BCUT2D eigenvalue weighted by Gasteiger charge is 2.05. The van der Waals surface area contributed by atoms with Crippen molar-refractivity contribution in [3.05, 3.63) is 59.8 Å². The van der Waals surface area contributed by atoms with E-state index < -0.39 is 0 Å². The van der Waals surface area contributed by atoms with Crippen molar-refractivity contribution in [1.29, 1.82) is 0 Å². The van der Waals surface area contributed by atoms with Crippen LogP contribution in [0, 0.1) is 0 Å². The van der Waals surface area contributed by atoms with Gasteiger partial charge in [0.05, 0.1) is 27.0 Å². The highest BCUT2D eigenvalue weighted by atomic mass is 16.5. The number of hydrogen-bond donors (Lipinski definition) is 1. The van der Waals surface area contributed by atoms with Crippen LogP contribution in [0.15, 0.2) is 53.8 Å². The molecule has 3 aromatic rings. The number of fused-ring (bicyclic) bond motifs is 1. The molecule has 0 unspecified atom stereocenters. The Labute approximate surface area is 141 Å². The molecule has 1 aromatic heterocycles. The van der Waals surface area contributed by atoms with Crippen LogP contribution in [0.1, 0.15) is 11.1 Å². The minimum absolute atomic E-state index is 0.613. The van der Waals surface area contributed by atoms with E-state index in [1.807, 2.05) is 43.6 Å². The Hall–Kier alpha value is -2.95. The van der Waals surface area contributed by atoms with Crippen molar-refractivity contribution in [3.8, 4) is 11.5 Å². The largest absolute Gasteiger partial charge is 0.493 e. The van der Waals surface area contributed by atoms with Gasteiger partial charge in [0, 0.05) is 29.7 Å². The van der Waals surface area contributed by atoms with Crippen LogP contribution in [0.5, 0.6) is 11.5 Å². The Morgan fingerprint density at radius 2 is 1.88 bits per heavy atom. The van der Waals surface area contributed by atoms with Crippen LogP contribution >= 0.6 is 0 Å². The van der Waals surface area contributed by atoms with Gasteiger partial charge in [-0.25, -0.2) is 0 Å². The first kappa shape index (κ1) is 15.9. The molecule has 1 N–H and O–H groups in total. The van der Waals surface area contributed by atoms with Crippen LogP contribution in [-0.4, -0.2) is 25.0 Å². The molecule has 0 aliphatic carbocycles. The molecule has 0 radical (unpaired) electrons. The van der Waals surface area contributed by atoms with Gasteiger partial charge in [-0.1, -0.05) is 24.3 Å². The lowest BCUT2D eigenvalue weighted by Crippen LogP contribution is -2.06. The number of ether oxygens (including phenoxy) is 2. The van der Waals surface area contributed by atoms with Crippen LogP contribution < -0.4 is 14.9 Å². The van der Waals surface area contributed by atoms with Crippen LogP contribution in [0.3, 0.4) is 0 Å². The SMILES string of the molecule is COc1ccc(CN/N=C/c2cn(C)c3ccccc23)cc1OC. The van der Waals surface area contributed by atoms with Gasteiger partial charge in [0.25, 0.3) is 0 Å². The van der Waals surface area contributed by atoms with Crippen LogP contribution in [0.4, 0.5) is 0 Å². The minimum Gasteiger partial charge on any atom is -0.493 e. The van der Waals surface area contributed by atoms with Gasteiger partial charge in [-0.15, -0.1) is 0 Å². The third-order valence-electron chi connectivity index (χ3n) is 3.95. The predicted molar refractivity (Wildman–Crippen MR) is 96.9 cm³/mol. The molecule has 0 spiro atoms. The summed E-state index contributed by atoms with van der Waals surface area (Å²) in [5.41, 5.74) is 6.43. The summed E-state index contributed by atoms with van der Waals surface area (Å²) in [6, 6.07) is 14.1. The molecular formula is C19H21N3O2. The first-order chi connectivity index (χ1) is 11.7. The van der Waals surface area contributed by atoms with Crippen LogP contribution in [-0.2, 0) is 13.6 Å². The number of hydrogen-bond acceptors (Lipinski definition) is 4. The molecule has 2 aromatic carbocycles. The number of nitrogens with zero attached hydrogens (tertiary/aromatic N) is 2. The number of methoxy groups -OCH3 is 2. The fourth-order valence-corrected chi connectivity index (χ4v) is 2.72. The van der Waals surface area contributed by atoms with Crippen LogP contribution in [0.25, 0.3) is 10.9 Å². The summed E-state index contributed by atoms with van der Waals surface area (Å²) in [5.74, 6) is 1.44. The highest BCUT2D eigenvalue weighted by molar-refractivity contribution is 5.99. The molecule has 0 saturated carbocycles. The lowest BCUT2D eigenvalue weighted by atomic mass is 10.2. The molecule has 0 bridgehead atoms. The topological polar surface area (TPSA) is 47.8 Å². The van der Waals surface area contributed by atoms with Gasteiger partial charge in [-0.05, 0) is 23.8 Å². The van der Waals surface area contributed by atoms with Crippen molar-refractivity contribution in [2.24, 2.45) is 12.1 Å². The smallest absolute Gasteiger partial charge is 0.161 e. The van der Waals surface area contributed by atoms with E-state index in [0.29, 0.717) is 6.54 Å². The van der Waals surface area contributed by atoms with Crippen molar-refractivity contribution < 1.29 is 9.47 Å². The number of aryl methyl sites for hydroxylation is 1. The van der Waals surface area contributed by atoms with E-state index in [1.54, 1.807) is 14.2 Å². The Morgan fingerprint density at radius 1 is 1.08 bits per heavy atom. The predicted octanol–water partition coefficient (Wildman–Crippen LogP) is 3.32. The first-order valence-corrected chi connectivity index (χ1v) is 7.74. The molecule has 3 rings (SSSR count). The molecule has 0 saturated heterocycles. The number of nitrogens with one attached hydrogen (secondary N) is 1. The zero-order chi connectivity index (χ0) is 16.9. The Kier molecular flexibility index (Phi) is 4.70. The summed E-state index contributed by atoms with van der Waals surface area (Å²) in [6.07, 6.45) is 3.93. The van der Waals surface area contributed by atoms with E-state index in [0.717, 1.165) is 22.6 Å². The second-order valence-electron chi connectivity index (χ2n) is 5.49. The number of aromatic nitrogens is 1. The molecule has 0 atom stereocenters. The summed E-state index contributed by atoms with van der Waals surface area (Å²) in [6.45, 7) is 0.613. The van der Waals surface area contributed by atoms with Gasteiger partial charge in [-0.2, -0.15) is 5.10 Å². The van der Waals surface area contributed by atoms with E-state index >= 15 is 0 Å². The van der Waals surface area contributed by atoms with Crippen molar-refractivity contribution in [2.75, 3.05) is 14.2 Å². The summed E-state index contributed by atoms with van der Waals surface area (Å²) >= 11 is 0. The average Bonchev–Trinajstić information content (AvgIpc) is 2.95. The number of benzene rings is 2. The average molecular weight is 323 g/mol. The third-order valence-corrected chi connectivity index (χ3v) is 3.95. The zero-order valence-corrected chi connectivity index (χ0v) is 14.1. The highest BCUT2D eigenvalue weighted by Crippen LogP contribution is 2.27. The molecule has 0 aliphatic rings. The summed E-state index contributed by atoms with van der Waals surface area (Å²) in [7, 11) is 5.30. The van der Waals surface area contributed by atoms with Gasteiger partial charge in [0.1, 0.15) is 0 Å². The minimum atomic E-state index is 0.613. The lowest BCUT2D eigenvalue weighted by molar-refractivity contribution is 0.354. The monoisotopic (exact) mass is 323 g/mol. The van der Waals surface area contributed by atoms with E-state index in [2.05, 4.69) is 33.4 Å². The molecule has 5 nitrogen and oxygen atoms in total. The molecule has 24 heavy (non-hydrogen) atoms. The van der Waals surface area contributed by atoms with E-state index in [-0.39, 0.29) is 0 Å². The lowest BCUT2D eigenvalue weighted by Gasteiger charge is -2.09. The van der Waals surface area contributed by atoms with Crippen molar-refractivity contribution in [2.45, 2.75) is 6.54 Å². The fourth-order valence-electron chi connectivity index (χ4n) is 2.72. The Morgan fingerprint density at radius 3 is 2.67 bits per heavy atom. The van der Waals surface area contributed by atoms with Crippen molar-refractivity contribution in [1.82, 2.24) is 9.99 Å². The van der Waals surface area contributed by atoms with E-state index in [9.17, 15) is 0 Å². The zero-order valence-electron chi connectivity index (χ0n) is 14.1.